The summed E-state index contributed by atoms with van der Waals surface area (Å²) in [7, 11) is 3.32. The molecular formula is C89H59Br6N9O6S10. The van der Waals surface area contributed by atoms with Crippen molar-refractivity contribution in [3.8, 4) is 10.8 Å². The van der Waals surface area contributed by atoms with Gasteiger partial charge >= 0.3 is 0 Å². The molecule has 0 aliphatic carbocycles. The Kier molecular flexibility index (Phi) is 28.2. The van der Waals surface area contributed by atoms with Crippen LogP contribution in [0.3, 0.4) is 0 Å². The minimum atomic E-state index is -0.709. The number of fused-ring (bicyclic) bond motifs is 11. The molecule has 21 aromatic rings. The molecular weight excluding hydrogens is 2090 g/mol. The van der Waals surface area contributed by atoms with Gasteiger partial charge in [0.25, 0.3) is 0 Å². The monoisotopic (exact) mass is 2140 g/mol. The van der Waals surface area contributed by atoms with Gasteiger partial charge in [0.1, 0.15) is 18.0 Å². The number of aldehydes is 2. The quantitative estimate of drug-likeness (QED) is 0.0862. The van der Waals surface area contributed by atoms with Crippen LogP contribution in [0.4, 0.5) is 0 Å². The molecule has 598 valence electrons. The van der Waals surface area contributed by atoms with Crippen molar-refractivity contribution in [3.05, 3.63) is 339 Å². The van der Waals surface area contributed by atoms with E-state index in [1.807, 2.05) is 137 Å². The topological polar surface area (TPSA) is 209 Å². The minimum Gasteiger partial charge on any atom is -0.495 e. The lowest BCUT2D eigenvalue weighted by atomic mass is 10.1. The molecule has 2 N–H and O–H groups in total. The number of rotatable bonds is 16. The van der Waals surface area contributed by atoms with Crippen LogP contribution in [0.1, 0.15) is 94.9 Å². The minimum absolute atomic E-state index is 0.662. The summed E-state index contributed by atoms with van der Waals surface area (Å²) in [6.07, 6.45) is 35.9. The van der Waals surface area contributed by atoms with Crippen LogP contribution in [-0.2, 0) is 25.7 Å². The molecule has 0 bridgehead atoms. The molecule has 0 aliphatic rings. The van der Waals surface area contributed by atoms with Crippen LogP contribution in [0.25, 0.3) is 88.7 Å². The van der Waals surface area contributed by atoms with Crippen molar-refractivity contribution in [1.82, 2.24) is 44.9 Å². The Bertz CT molecular complexity index is 6840. The van der Waals surface area contributed by atoms with E-state index in [0.717, 1.165) is 132 Å². The number of hydrogen-bond acceptors (Lipinski definition) is 25. The van der Waals surface area contributed by atoms with Gasteiger partial charge in [-0.15, -0.1) is 102 Å². The molecule has 19 aromatic heterocycles. The Morgan fingerprint density at radius 2 is 0.717 bits per heavy atom. The molecule has 2 unspecified atom stereocenters. The first-order valence-electron chi connectivity index (χ1n) is 36.3. The van der Waals surface area contributed by atoms with Gasteiger partial charge in [0, 0.05) is 280 Å². The van der Waals surface area contributed by atoms with Gasteiger partial charge in [-0.3, -0.25) is 54.4 Å². The van der Waals surface area contributed by atoms with Gasteiger partial charge in [-0.25, -0.2) is 0 Å². The Morgan fingerprint density at radius 3 is 1.15 bits per heavy atom. The van der Waals surface area contributed by atoms with Gasteiger partial charge in [-0.2, -0.15) is 0 Å². The van der Waals surface area contributed by atoms with E-state index in [9.17, 15) is 19.8 Å². The number of thiophene rings is 10. The molecule has 0 radical (unpaired) electrons. The van der Waals surface area contributed by atoms with Crippen molar-refractivity contribution in [2.24, 2.45) is 0 Å². The van der Waals surface area contributed by atoms with Crippen molar-refractivity contribution in [2.45, 2.75) is 37.9 Å². The fourth-order valence-corrected chi connectivity index (χ4v) is 27.3. The van der Waals surface area contributed by atoms with Crippen LogP contribution < -0.4 is 9.47 Å². The number of hydrogen-bond donors (Lipinski definition) is 2. The third-order valence-corrected chi connectivity index (χ3v) is 35.0. The highest BCUT2D eigenvalue weighted by molar-refractivity contribution is 9.13. The normalized spacial score (nSPS) is 11.7. The predicted octanol–water partition coefficient (Wildman–Crippen LogP) is 28.4. The number of benzene rings is 2. The molecule has 15 nitrogen and oxygen atoms in total. The molecule has 2 atom stereocenters. The van der Waals surface area contributed by atoms with E-state index in [-0.39, 0.29) is 0 Å². The summed E-state index contributed by atoms with van der Waals surface area (Å²) in [6.45, 7) is 0. The molecule has 21 rings (SSSR count). The van der Waals surface area contributed by atoms with Crippen molar-refractivity contribution in [1.29, 1.82) is 0 Å². The largest absolute Gasteiger partial charge is 0.495 e. The first-order valence-corrected chi connectivity index (χ1v) is 49.2. The van der Waals surface area contributed by atoms with Gasteiger partial charge in [0.15, 0.2) is 17.6 Å². The van der Waals surface area contributed by atoms with Crippen LogP contribution in [0.5, 0.6) is 10.8 Å². The number of carbonyl (C=O) groups excluding carboxylic acids is 2. The zero-order chi connectivity index (χ0) is 82.9. The summed E-state index contributed by atoms with van der Waals surface area (Å²) in [5.74, 6) is 0.823. The lowest BCUT2D eigenvalue weighted by molar-refractivity contribution is 0.111. The summed E-state index contributed by atoms with van der Waals surface area (Å²) in [5.41, 5.74) is 6.95. The van der Waals surface area contributed by atoms with Crippen molar-refractivity contribution in [2.75, 3.05) is 14.2 Å². The number of ether oxygens (including phenoxy) is 2. The smallest absolute Gasteiger partial charge is 0.175 e. The first-order chi connectivity index (χ1) is 58.5. The fourth-order valence-electron chi connectivity index (χ4n) is 12.9. The molecule has 0 aliphatic heterocycles. The molecule has 0 saturated carbocycles. The van der Waals surface area contributed by atoms with Crippen molar-refractivity contribution >= 4 is 310 Å². The Labute approximate surface area is 777 Å². The maximum atomic E-state index is 11.2. The Balaban J connectivity index is 0.000000111. The maximum absolute atomic E-state index is 11.2. The second kappa shape index (κ2) is 39.6. The van der Waals surface area contributed by atoms with Crippen LogP contribution in [0.15, 0.2) is 266 Å². The standard InChI is InChI=1S/C20H16N2O2S2.C20H10N2S2.C18H12Br2N2O2S2.C18H12Br2N2S2.C8H6O2S2.C5H3Br2N/c1-24-18-11-22-5-3-14(18)7-17-9-20-19(26-17)8-16(25-20)6-13-2-4-21-10-15(13)12-23;1-3-21-9-13-5-15-17(7-11(1)13)23-20-16-6-14-10-22-4-2-12(14)8-18(16)24-19(15)20;19-11-7-21-3-1-9(11)17(23)15-5-13-14(25-15)6-16(26-13)18(24)10-2-4-22-8-12(10)20;19-15-9-21-3-1-11(15)5-13-7-17-18(23-13)8-14(24-17)6-12-2-4-22-10-16(12)20;1-10-8-3-7-6(12-8)2-5(4-9)11-7;6-4-1-2-8-3-5(4)7/h2-5,8-12H,6-7H2,1H3;1-10H;1-8,17-18,23-24H;1-4,7-10H,5-6H2;2-4H,1H3;1-3H. The van der Waals surface area contributed by atoms with E-state index in [1.165, 1.54) is 135 Å². The molecule has 19 heterocycles. The Hall–Kier alpha value is -8.13. The van der Waals surface area contributed by atoms with Gasteiger partial charge in [-0.1, -0.05) is 11.3 Å². The summed E-state index contributed by atoms with van der Waals surface area (Å²) >= 11 is 37.9. The average Bonchev–Trinajstić information content (AvgIpc) is 1.58. The number of aromatic nitrogens is 9. The van der Waals surface area contributed by atoms with Crippen LogP contribution in [0.2, 0.25) is 0 Å². The Morgan fingerprint density at radius 1 is 0.325 bits per heavy atom. The zero-order valence-electron chi connectivity index (χ0n) is 62.6. The second-order valence-corrected chi connectivity index (χ2v) is 42.8. The summed E-state index contributed by atoms with van der Waals surface area (Å²) in [4.78, 5) is 66.3. The maximum Gasteiger partial charge on any atom is 0.175 e. The molecule has 120 heavy (non-hydrogen) atoms. The highest BCUT2D eigenvalue weighted by atomic mass is 79.9. The summed E-state index contributed by atoms with van der Waals surface area (Å²) in [6, 6.07) is 43.8. The van der Waals surface area contributed by atoms with E-state index in [0.29, 0.717) is 5.56 Å². The molecule has 31 heteroatoms. The third-order valence-electron chi connectivity index (χ3n) is 18.8. The van der Waals surface area contributed by atoms with E-state index >= 15 is 0 Å². The molecule has 2 aromatic carbocycles. The average molecular weight is 2150 g/mol. The fraction of sp³-hybridized carbons (Fsp3) is 0.0899. The van der Waals surface area contributed by atoms with Crippen molar-refractivity contribution in [3.63, 3.8) is 0 Å². The molecule has 0 saturated heterocycles. The van der Waals surface area contributed by atoms with Crippen LogP contribution >= 0.6 is 209 Å². The second-order valence-electron chi connectivity index (χ2n) is 26.5. The van der Waals surface area contributed by atoms with Gasteiger partial charge in [-0.05, 0) is 244 Å². The summed E-state index contributed by atoms with van der Waals surface area (Å²) in [5, 5.41) is 29.9. The zero-order valence-corrected chi connectivity index (χ0v) is 80.2. The number of nitrogens with zero attached hydrogens (tertiary/aromatic N) is 9. The van der Waals surface area contributed by atoms with Gasteiger partial charge in [0.2, 0.25) is 0 Å². The molecule has 0 fully saturated rings. The number of pyridine rings is 9. The first kappa shape index (κ1) is 85.4. The van der Waals surface area contributed by atoms with E-state index in [4.69, 9.17) is 9.47 Å². The molecule has 0 spiro atoms. The highest BCUT2D eigenvalue weighted by Crippen LogP contribution is 2.48. The number of carbonyl (C=O) groups is 2. The number of aliphatic hydroxyl groups is 2. The lowest BCUT2D eigenvalue weighted by Crippen LogP contribution is -1.99. The van der Waals surface area contributed by atoms with Crippen molar-refractivity contribution < 1.29 is 29.3 Å². The van der Waals surface area contributed by atoms with E-state index in [1.54, 1.807) is 122 Å². The summed E-state index contributed by atoms with van der Waals surface area (Å²) < 4.78 is 31.3. The number of methoxy groups -OCH3 is 2. The third kappa shape index (κ3) is 20.0. The highest BCUT2D eigenvalue weighted by Gasteiger charge is 2.23. The van der Waals surface area contributed by atoms with Gasteiger partial charge in [0.05, 0.1) is 39.2 Å². The lowest BCUT2D eigenvalue weighted by Gasteiger charge is -2.11. The number of halogens is 6. The predicted molar refractivity (Wildman–Crippen MR) is 523 cm³/mol. The number of aliphatic hydroxyl groups excluding tert-OH is 2. The van der Waals surface area contributed by atoms with Gasteiger partial charge < -0.3 is 19.7 Å². The SMILES string of the molecule is Brc1ccncc1Br.Brc1cnccc1Cc1cc2sc(Cc3ccncc3Br)cc2s1.COc1cc2sc(C=O)cc2s1.COc1cnccc1Cc1cc2sc(Cc3ccncc3C=O)cc2s1.OC(c1cc2sc(C(O)c3ccncc3Br)cc2s1)c1ccncc1Br.c1cc2cc3sc4c5cc6cnccc6cc5sc4c3cc2cn1. The van der Waals surface area contributed by atoms with Crippen LogP contribution in [-0.4, -0.2) is 81.9 Å². The van der Waals surface area contributed by atoms with E-state index < -0.39 is 12.2 Å². The van der Waals surface area contributed by atoms with E-state index in [2.05, 4.69) is 213 Å². The molecule has 0 amide bonds. The van der Waals surface area contributed by atoms with Crippen LogP contribution in [0, 0.1) is 0 Å².